The number of carbonyl (C=O) groups is 1. The Balaban J connectivity index is 2.31. The van der Waals surface area contributed by atoms with Gasteiger partial charge in [-0.05, 0) is 53.2 Å². The van der Waals surface area contributed by atoms with Crippen molar-refractivity contribution in [2.45, 2.75) is 52.6 Å². The van der Waals surface area contributed by atoms with Crippen LogP contribution in [-0.4, -0.2) is 22.0 Å². The molecule has 0 bridgehead atoms. The topological polar surface area (TPSA) is 67.2 Å². The lowest BCUT2D eigenvalue weighted by Gasteiger charge is -2.22. The van der Waals surface area contributed by atoms with Gasteiger partial charge >= 0.3 is 0 Å². The minimum absolute atomic E-state index is 0.253. The van der Waals surface area contributed by atoms with E-state index in [-0.39, 0.29) is 22.7 Å². The van der Waals surface area contributed by atoms with E-state index in [1.54, 1.807) is 6.08 Å². The molecule has 0 atom stereocenters. The van der Waals surface area contributed by atoms with Gasteiger partial charge in [0.05, 0.1) is 0 Å². The first-order valence-corrected chi connectivity index (χ1v) is 8.38. The summed E-state index contributed by atoms with van der Waals surface area (Å²) in [4.78, 5) is 16.9. The van der Waals surface area contributed by atoms with Crippen LogP contribution in [0.1, 0.15) is 63.5 Å². The number of hydrogen-bond acceptors (Lipinski definition) is 4. The highest BCUT2D eigenvalue weighted by Crippen LogP contribution is 2.23. The predicted molar refractivity (Wildman–Crippen MR) is 102 cm³/mol. The molecule has 25 heavy (non-hydrogen) atoms. The first-order valence-electron chi connectivity index (χ1n) is 8.38. The maximum Gasteiger partial charge on any atom is 0.275 e. The molecular formula is C20H27N3O2. The standard InChI is InChI=1S/C20H27N3O2/c1-19(2,3)22-17(24)16-18(23-20(4,5)6)25-15(21-16)13-12-14-10-8-7-9-11-14/h7-13,23H,1-6H3,(H,22,24)/b13-12+. The lowest BCUT2D eigenvalue weighted by atomic mass is 10.1. The van der Waals surface area contributed by atoms with Gasteiger partial charge in [-0.1, -0.05) is 30.3 Å². The Hall–Kier alpha value is -2.56. The third-order valence-electron chi connectivity index (χ3n) is 3.05. The van der Waals surface area contributed by atoms with Gasteiger partial charge in [-0.2, -0.15) is 0 Å². The summed E-state index contributed by atoms with van der Waals surface area (Å²) >= 11 is 0. The lowest BCUT2D eigenvalue weighted by Crippen LogP contribution is -2.41. The number of anilines is 1. The Morgan fingerprint density at radius 2 is 1.64 bits per heavy atom. The van der Waals surface area contributed by atoms with Crippen molar-refractivity contribution >= 4 is 23.9 Å². The quantitative estimate of drug-likeness (QED) is 0.854. The van der Waals surface area contributed by atoms with Crippen LogP contribution in [-0.2, 0) is 0 Å². The second kappa shape index (κ2) is 7.13. The molecule has 0 saturated heterocycles. The van der Waals surface area contributed by atoms with Crippen LogP contribution in [0, 0.1) is 0 Å². The van der Waals surface area contributed by atoms with E-state index < -0.39 is 0 Å². The Bertz CT molecular complexity index is 747. The minimum Gasteiger partial charge on any atom is -0.420 e. The molecule has 2 aromatic rings. The SMILES string of the molecule is CC(C)(C)NC(=O)c1nc(/C=C/c2ccccc2)oc1NC(C)(C)C. The predicted octanol–water partition coefficient (Wildman–Crippen LogP) is 4.58. The molecule has 0 saturated carbocycles. The number of carbonyl (C=O) groups excluding carboxylic acids is 1. The first-order chi connectivity index (χ1) is 11.5. The normalized spacial score (nSPS) is 12.4. The van der Waals surface area contributed by atoms with Crippen LogP contribution >= 0.6 is 0 Å². The van der Waals surface area contributed by atoms with E-state index in [0.29, 0.717) is 11.8 Å². The van der Waals surface area contributed by atoms with Crippen LogP contribution in [0.15, 0.2) is 34.7 Å². The van der Waals surface area contributed by atoms with Gasteiger partial charge in [-0.25, -0.2) is 4.98 Å². The Morgan fingerprint density at radius 1 is 1.00 bits per heavy atom. The Morgan fingerprint density at radius 3 is 2.20 bits per heavy atom. The van der Waals surface area contributed by atoms with Crippen molar-refractivity contribution in [3.8, 4) is 0 Å². The van der Waals surface area contributed by atoms with E-state index in [9.17, 15) is 4.79 Å². The van der Waals surface area contributed by atoms with Gasteiger partial charge in [0.2, 0.25) is 11.8 Å². The fourth-order valence-electron chi connectivity index (χ4n) is 2.12. The van der Waals surface area contributed by atoms with Crippen molar-refractivity contribution in [3.63, 3.8) is 0 Å². The smallest absolute Gasteiger partial charge is 0.275 e. The number of amides is 1. The fourth-order valence-corrected chi connectivity index (χ4v) is 2.12. The van der Waals surface area contributed by atoms with Gasteiger partial charge < -0.3 is 15.1 Å². The van der Waals surface area contributed by atoms with Crippen molar-refractivity contribution < 1.29 is 9.21 Å². The number of hydrogen-bond donors (Lipinski definition) is 2. The maximum atomic E-state index is 12.6. The van der Waals surface area contributed by atoms with Crippen molar-refractivity contribution in [1.29, 1.82) is 0 Å². The molecule has 5 nitrogen and oxygen atoms in total. The molecule has 5 heteroatoms. The van der Waals surface area contributed by atoms with Crippen LogP contribution in [0.4, 0.5) is 5.88 Å². The summed E-state index contributed by atoms with van der Waals surface area (Å²) in [6.07, 6.45) is 3.66. The van der Waals surface area contributed by atoms with Crippen LogP contribution in [0.2, 0.25) is 0 Å². The van der Waals surface area contributed by atoms with E-state index in [0.717, 1.165) is 5.56 Å². The summed E-state index contributed by atoms with van der Waals surface area (Å²) in [6, 6.07) is 9.86. The molecule has 1 heterocycles. The summed E-state index contributed by atoms with van der Waals surface area (Å²) in [7, 11) is 0. The third kappa shape index (κ3) is 6.10. The van der Waals surface area contributed by atoms with E-state index in [1.165, 1.54) is 0 Å². The zero-order valence-corrected chi connectivity index (χ0v) is 15.8. The largest absolute Gasteiger partial charge is 0.420 e. The van der Waals surface area contributed by atoms with Crippen molar-refractivity contribution in [3.05, 3.63) is 47.5 Å². The minimum atomic E-state index is -0.352. The highest BCUT2D eigenvalue weighted by molar-refractivity contribution is 5.97. The van der Waals surface area contributed by atoms with E-state index in [2.05, 4.69) is 15.6 Å². The van der Waals surface area contributed by atoms with Crippen LogP contribution < -0.4 is 10.6 Å². The van der Waals surface area contributed by atoms with Gasteiger partial charge in [0, 0.05) is 17.2 Å². The molecule has 0 aliphatic carbocycles. The number of oxazole rings is 1. The molecule has 2 N–H and O–H groups in total. The van der Waals surface area contributed by atoms with Crippen LogP contribution in [0.3, 0.4) is 0 Å². The molecular weight excluding hydrogens is 314 g/mol. The van der Waals surface area contributed by atoms with E-state index >= 15 is 0 Å². The molecule has 1 aromatic heterocycles. The molecule has 0 fully saturated rings. The molecule has 1 aromatic carbocycles. The summed E-state index contributed by atoms with van der Waals surface area (Å²) in [5.41, 5.74) is 0.690. The second-order valence-electron chi connectivity index (χ2n) is 8.05. The number of aromatic nitrogens is 1. The zero-order valence-electron chi connectivity index (χ0n) is 15.8. The van der Waals surface area contributed by atoms with Crippen molar-refractivity contribution in [1.82, 2.24) is 10.3 Å². The van der Waals surface area contributed by atoms with Gasteiger partial charge in [0.15, 0.2) is 5.69 Å². The summed E-state index contributed by atoms with van der Waals surface area (Å²) in [5, 5.41) is 6.13. The molecule has 2 rings (SSSR count). The molecule has 0 aliphatic rings. The molecule has 0 aliphatic heterocycles. The molecule has 134 valence electrons. The molecule has 1 amide bonds. The highest BCUT2D eigenvalue weighted by atomic mass is 16.4. The highest BCUT2D eigenvalue weighted by Gasteiger charge is 2.25. The lowest BCUT2D eigenvalue weighted by molar-refractivity contribution is 0.0915. The molecule has 0 spiro atoms. The van der Waals surface area contributed by atoms with Gasteiger partial charge in [-0.3, -0.25) is 4.79 Å². The van der Waals surface area contributed by atoms with Gasteiger partial charge in [0.25, 0.3) is 5.91 Å². The van der Waals surface area contributed by atoms with Crippen LogP contribution in [0.5, 0.6) is 0 Å². The average Bonchev–Trinajstić information content (AvgIpc) is 2.85. The second-order valence-corrected chi connectivity index (χ2v) is 8.05. The monoisotopic (exact) mass is 341 g/mol. The van der Waals surface area contributed by atoms with Crippen molar-refractivity contribution in [2.75, 3.05) is 5.32 Å². The first kappa shape index (κ1) is 18.8. The summed E-state index contributed by atoms with van der Waals surface area (Å²) in [6.45, 7) is 11.8. The Kier molecular flexibility index (Phi) is 5.36. The van der Waals surface area contributed by atoms with Crippen LogP contribution in [0.25, 0.3) is 12.2 Å². The Labute approximate surface area is 149 Å². The zero-order chi connectivity index (χ0) is 18.7. The van der Waals surface area contributed by atoms with Gasteiger partial charge in [-0.15, -0.1) is 0 Å². The summed E-state index contributed by atoms with van der Waals surface area (Å²) in [5.74, 6) is 0.499. The average molecular weight is 341 g/mol. The molecule has 0 radical (unpaired) electrons. The maximum absolute atomic E-state index is 12.6. The molecule has 0 unspecified atom stereocenters. The van der Waals surface area contributed by atoms with E-state index in [4.69, 9.17) is 4.42 Å². The number of benzene rings is 1. The fraction of sp³-hybridized carbons (Fsp3) is 0.400. The van der Waals surface area contributed by atoms with E-state index in [1.807, 2.05) is 78.0 Å². The van der Waals surface area contributed by atoms with Crippen molar-refractivity contribution in [2.24, 2.45) is 0 Å². The number of nitrogens with zero attached hydrogens (tertiary/aromatic N) is 1. The third-order valence-corrected chi connectivity index (χ3v) is 3.05. The summed E-state index contributed by atoms with van der Waals surface area (Å²) < 4.78 is 5.78. The number of rotatable bonds is 4. The number of nitrogens with one attached hydrogen (secondary N) is 2. The van der Waals surface area contributed by atoms with Gasteiger partial charge in [0.1, 0.15) is 0 Å².